The van der Waals surface area contributed by atoms with Crippen molar-refractivity contribution in [1.82, 2.24) is 9.78 Å². The molecular weight excluding hydrogens is 272 g/mol. The van der Waals surface area contributed by atoms with Crippen LogP contribution in [0, 0.1) is 0 Å². The highest BCUT2D eigenvalue weighted by Crippen LogP contribution is 2.34. The lowest BCUT2D eigenvalue weighted by Crippen LogP contribution is -2.07. The van der Waals surface area contributed by atoms with E-state index in [0.717, 1.165) is 10.6 Å². The summed E-state index contributed by atoms with van der Waals surface area (Å²) in [6.07, 6.45) is 0. The Hall–Kier alpha value is -1.33. The van der Waals surface area contributed by atoms with E-state index >= 15 is 0 Å². The molecule has 6 heteroatoms. The van der Waals surface area contributed by atoms with E-state index in [9.17, 15) is 4.79 Å². The average molecular weight is 285 g/mol. The molecule has 2 heterocycles. The lowest BCUT2D eigenvalue weighted by atomic mass is 10.3. The van der Waals surface area contributed by atoms with Crippen LogP contribution in [0.3, 0.4) is 0 Å². The van der Waals surface area contributed by atoms with E-state index in [1.54, 1.807) is 22.9 Å². The molecule has 0 aliphatic heterocycles. The highest BCUT2D eigenvalue weighted by Gasteiger charge is 2.23. The molecule has 0 aromatic carbocycles. The maximum absolute atomic E-state index is 11.7. The number of esters is 1. The Labute approximate surface area is 114 Å². The third kappa shape index (κ3) is 2.28. The molecule has 18 heavy (non-hydrogen) atoms. The van der Waals surface area contributed by atoms with Gasteiger partial charge >= 0.3 is 5.97 Å². The number of halogens is 1. The highest BCUT2D eigenvalue weighted by atomic mass is 35.5. The predicted molar refractivity (Wildman–Crippen MR) is 72.2 cm³/mol. The summed E-state index contributed by atoms with van der Waals surface area (Å²) >= 11 is 7.81. The second-order valence-electron chi connectivity index (χ2n) is 3.52. The molecular formula is C12H13ClN2O2S. The first kappa shape index (κ1) is 13.1. The van der Waals surface area contributed by atoms with Crippen LogP contribution in [0.5, 0.6) is 0 Å². The summed E-state index contributed by atoms with van der Waals surface area (Å²) in [7, 11) is 0. The first-order chi connectivity index (χ1) is 8.69. The molecule has 2 aromatic rings. The predicted octanol–water partition coefficient (Wildman–Crippen LogP) is 3.46. The van der Waals surface area contributed by atoms with Crippen molar-refractivity contribution in [3.63, 3.8) is 0 Å². The molecule has 0 saturated carbocycles. The van der Waals surface area contributed by atoms with E-state index in [1.165, 1.54) is 0 Å². The van der Waals surface area contributed by atoms with Gasteiger partial charge in [0.05, 0.1) is 17.2 Å². The van der Waals surface area contributed by atoms with Gasteiger partial charge in [-0.25, -0.2) is 4.79 Å². The molecule has 0 aliphatic rings. The number of carbonyl (C=O) groups excluding carboxylic acids is 1. The fourth-order valence-corrected chi connectivity index (χ4v) is 2.80. The topological polar surface area (TPSA) is 44.1 Å². The van der Waals surface area contributed by atoms with E-state index in [4.69, 9.17) is 16.3 Å². The minimum atomic E-state index is -0.479. The number of nitrogens with zero attached hydrogens (tertiary/aromatic N) is 2. The van der Waals surface area contributed by atoms with Crippen molar-refractivity contribution in [2.24, 2.45) is 0 Å². The SMILES string of the molecule is CCOC(=O)c1nn(CC)c(-c2cccs2)c1Cl. The Morgan fingerprint density at radius 3 is 2.89 bits per heavy atom. The van der Waals surface area contributed by atoms with Gasteiger partial charge in [-0.05, 0) is 25.3 Å². The fourth-order valence-electron chi connectivity index (χ4n) is 1.65. The zero-order chi connectivity index (χ0) is 13.1. The smallest absolute Gasteiger partial charge is 0.360 e. The summed E-state index contributed by atoms with van der Waals surface area (Å²) in [6, 6.07) is 3.89. The maximum atomic E-state index is 11.7. The monoisotopic (exact) mass is 284 g/mol. The molecule has 2 aromatic heterocycles. The molecule has 96 valence electrons. The number of aryl methyl sites for hydroxylation is 1. The van der Waals surface area contributed by atoms with Gasteiger partial charge in [-0.15, -0.1) is 11.3 Å². The van der Waals surface area contributed by atoms with Crippen molar-refractivity contribution < 1.29 is 9.53 Å². The third-order valence-electron chi connectivity index (χ3n) is 2.42. The summed E-state index contributed by atoms with van der Waals surface area (Å²) < 4.78 is 6.67. The number of carbonyl (C=O) groups is 1. The van der Waals surface area contributed by atoms with E-state index in [2.05, 4.69) is 5.10 Å². The lowest BCUT2D eigenvalue weighted by molar-refractivity contribution is 0.0518. The summed E-state index contributed by atoms with van der Waals surface area (Å²) in [5.74, 6) is -0.479. The van der Waals surface area contributed by atoms with Gasteiger partial charge < -0.3 is 4.74 Å². The Balaban J connectivity index is 2.50. The van der Waals surface area contributed by atoms with Gasteiger partial charge in [-0.1, -0.05) is 17.7 Å². The lowest BCUT2D eigenvalue weighted by Gasteiger charge is -2.01. The van der Waals surface area contributed by atoms with Crippen LogP contribution in [-0.2, 0) is 11.3 Å². The van der Waals surface area contributed by atoms with Crippen LogP contribution in [0.15, 0.2) is 17.5 Å². The van der Waals surface area contributed by atoms with Crippen LogP contribution < -0.4 is 0 Å². The van der Waals surface area contributed by atoms with Crippen LogP contribution in [0.2, 0.25) is 5.02 Å². The normalized spacial score (nSPS) is 10.6. The Morgan fingerprint density at radius 2 is 2.33 bits per heavy atom. The summed E-state index contributed by atoms with van der Waals surface area (Å²) in [6.45, 7) is 4.66. The molecule has 0 aliphatic carbocycles. The van der Waals surface area contributed by atoms with Gasteiger partial charge in [0.2, 0.25) is 0 Å². The van der Waals surface area contributed by atoms with Crippen molar-refractivity contribution in [1.29, 1.82) is 0 Å². The molecule has 0 radical (unpaired) electrons. The Morgan fingerprint density at radius 1 is 1.56 bits per heavy atom. The van der Waals surface area contributed by atoms with Crippen molar-refractivity contribution in [3.8, 4) is 10.6 Å². The van der Waals surface area contributed by atoms with E-state index in [1.807, 2.05) is 24.4 Å². The number of ether oxygens (including phenoxy) is 1. The molecule has 4 nitrogen and oxygen atoms in total. The van der Waals surface area contributed by atoms with Crippen LogP contribution in [0.25, 0.3) is 10.6 Å². The molecule has 0 fully saturated rings. The molecule has 0 atom stereocenters. The van der Waals surface area contributed by atoms with Crippen LogP contribution in [0.1, 0.15) is 24.3 Å². The largest absolute Gasteiger partial charge is 0.461 e. The van der Waals surface area contributed by atoms with Crippen molar-refractivity contribution in [2.75, 3.05) is 6.61 Å². The maximum Gasteiger partial charge on any atom is 0.360 e. The minimum Gasteiger partial charge on any atom is -0.461 e. The average Bonchev–Trinajstić information content (AvgIpc) is 2.96. The molecule has 0 amide bonds. The third-order valence-corrected chi connectivity index (χ3v) is 3.65. The second-order valence-corrected chi connectivity index (χ2v) is 4.85. The number of aromatic nitrogens is 2. The van der Waals surface area contributed by atoms with Gasteiger partial charge in [0.1, 0.15) is 5.02 Å². The molecule has 2 rings (SSSR count). The molecule has 0 saturated heterocycles. The van der Waals surface area contributed by atoms with Crippen molar-refractivity contribution in [3.05, 3.63) is 28.2 Å². The quantitative estimate of drug-likeness (QED) is 0.808. The van der Waals surface area contributed by atoms with Crippen LogP contribution >= 0.6 is 22.9 Å². The number of rotatable bonds is 4. The molecule has 0 unspecified atom stereocenters. The zero-order valence-electron chi connectivity index (χ0n) is 10.1. The van der Waals surface area contributed by atoms with E-state index < -0.39 is 5.97 Å². The molecule has 0 N–H and O–H groups in total. The first-order valence-corrected chi connectivity index (χ1v) is 6.92. The van der Waals surface area contributed by atoms with Gasteiger partial charge in [0.15, 0.2) is 5.69 Å². The number of hydrogen-bond acceptors (Lipinski definition) is 4. The number of hydrogen-bond donors (Lipinski definition) is 0. The van der Waals surface area contributed by atoms with Crippen molar-refractivity contribution in [2.45, 2.75) is 20.4 Å². The molecule has 0 bridgehead atoms. The summed E-state index contributed by atoms with van der Waals surface area (Å²) in [5.41, 5.74) is 0.959. The minimum absolute atomic E-state index is 0.184. The van der Waals surface area contributed by atoms with E-state index in [0.29, 0.717) is 18.2 Å². The van der Waals surface area contributed by atoms with Crippen LogP contribution in [0.4, 0.5) is 0 Å². The first-order valence-electron chi connectivity index (χ1n) is 5.66. The summed E-state index contributed by atoms with van der Waals surface area (Å²) in [5, 5.41) is 6.54. The molecule has 0 spiro atoms. The van der Waals surface area contributed by atoms with Gasteiger partial charge in [0, 0.05) is 6.54 Å². The zero-order valence-corrected chi connectivity index (χ0v) is 11.7. The van der Waals surface area contributed by atoms with Crippen molar-refractivity contribution >= 4 is 28.9 Å². The highest BCUT2D eigenvalue weighted by molar-refractivity contribution is 7.13. The van der Waals surface area contributed by atoms with E-state index in [-0.39, 0.29) is 5.69 Å². The Kier molecular flexibility index (Phi) is 4.04. The fraction of sp³-hybridized carbons (Fsp3) is 0.333. The van der Waals surface area contributed by atoms with Gasteiger partial charge in [-0.2, -0.15) is 5.10 Å². The Bertz CT molecular complexity index is 549. The van der Waals surface area contributed by atoms with Gasteiger partial charge in [0.25, 0.3) is 0 Å². The summed E-state index contributed by atoms with van der Waals surface area (Å²) in [4.78, 5) is 12.7. The standard InChI is InChI=1S/C12H13ClN2O2S/c1-3-15-11(8-6-5-7-18-8)9(13)10(14-15)12(16)17-4-2/h5-7H,3-4H2,1-2H3. The number of thiophene rings is 1. The second kappa shape index (κ2) is 5.54. The van der Waals surface area contributed by atoms with Crippen LogP contribution in [-0.4, -0.2) is 22.4 Å². The van der Waals surface area contributed by atoms with Gasteiger partial charge in [-0.3, -0.25) is 4.68 Å².